The fraction of sp³-hybridized carbons (Fsp3) is 0.0909. The van der Waals surface area contributed by atoms with E-state index in [1.807, 2.05) is 36.6 Å². The molecule has 0 aliphatic carbocycles. The van der Waals surface area contributed by atoms with Crippen molar-refractivity contribution >= 4 is 34.5 Å². The first-order valence-electron chi connectivity index (χ1n) is 8.75. The zero-order valence-electron chi connectivity index (χ0n) is 15.3. The van der Waals surface area contributed by atoms with E-state index in [1.54, 1.807) is 18.3 Å². The van der Waals surface area contributed by atoms with Gasteiger partial charge in [0, 0.05) is 22.3 Å². The van der Waals surface area contributed by atoms with Crippen LogP contribution >= 0.6 is 34.5 Å². The molecule has 146 valence electrons. The van der Waals surface area contributed by atoms with Crippen molar-refractivity contribution in [3.05, 3.63) is 86.4 Å². The minimum Gasteiger partial charge on any atom is -0.459 e. The van der Waals surface area contributed by atoms with Gasteiger partial charge in [-0.25, -0.2) is 9.37 Å². The average molecular weight is 445 g/mol. The zero-order chi connectivity index (χ0) is 20.4. The van der Waals surface area contributed by atoms with Crippen LogP contribution in [0.25, 0.3) is 22.4 Å². The highest BCUT2D eigenvalue weighted by Crippen LogP contribution is 2.40. The van der Waals surface area contributed by atoms with Crippen LogP contribution in [0.1, 0.15) is 11.1 Å². The largest absolute Gasteiger partial charge is 0.459 e. The van der Waals surface area contributed by atoms with Gasteiger partial charge in [-0.3, -0.25) is 0 Å². The molecule has 3 nitrogen and oxygen atoms in total. The summed E-state index contributed by atoms with van der Waals surface area (Å²) in [7, 11) is 0. The minimum atomic E-state index is -0.290. The summed E-state index contributed by atoms with van der Waals surface area (Å²) in [6.45, 7) is 2.22. The van der Waals surface area contributed by atoms with E-state index in [0.717, 1.165) is 27.8 Å². The molecule has 4 rings (SSSR count). The van der Waals surface area contributed by atoms with E-state index in [2.05, 4.69) is 9.97 Å². The third kappa shape index (κ3) is 4.42. The molecule has 0 bridgehead atoms. The first kappa shape index (κ1) is 19.8. The van der Waals surface area contributed by atoms with E-state index in [0.29, 0.717) is 15.1 Å². The maximum absolute atomic E-state index is 13.1. The SMILES string of the molecule is Cc1csc(Cl)c1-c1nc(OCc2ccc(F)cc2)ncc1-c1ccc(Cl)cc1. The molecule has 2 aromatic heterocycles. The van der Waals surface area contributed by atoms with Crippen molar-refractivity contribution in [2.75, 3.05) is 0 Å². The molecule has 0 N–H and O–H groups in total. The summed E-state index contributed by atoms with van der Waals surface area (Å²) in [4.78, 5) is 9.01. The summed E-state index contributed by atoms with van der Waals surface area (Å²) in [5.74, 6) is -0.290. The molecule has 0 unspecified atom stereocenters. The van der Waals surface area contributed by atoms with Crippen LogP contribution in [0.15, 0.2) is 60.1 Å². The molecule has 0 spiro atoms. The molecule has 0 saturated heterocycles. The van der Waals surface area contributed by atoms with Crippen LogP contribution in [-0.4, -0.2) is 9.97 Å². The van der Waals surface area contributed by atoms with Crippen LogP contribution in [0.3, 0.4) is 0 Å². The monoisotopic (exact) mass is 444 g/mol. The third-order valence-corrected chi connectivity index (χ3v) is 5.96. The first-order valence-corrected chi connectivity index (χ1v) is 10.4. The molecule has 0 fully saturated rings. The Morgan fingerprint density at radius 2 is 1.76 bits per heavy atom. The lowest BCUT2D eigenvalue weighted by Gasteiger charge is -2.12. The third-order valence-electron chi connectivity index (χ3n) is 4.37. The number of rotatable bonds is 5. The van der Waals surface area contributed by atoms with Crippen molar-refractivity contribution in [1.29, 1.82) is 0 Å². The second-order valence-corrected chi connectivity index (χ2v) is 8.32. The van der Waals surface area contributed by atoms with Crippen molar-refractivity contribution in [3.63, 3.8) is 0 Å². The van der Waals surface area contributed by atoms with E-state index in [4.69, 9.17) is 27.9 Å². The highest BCUT2D eigenvalue weighted by Gasteiger charge is 2.18. The van der Waals surface area contributed by atoms with E-state index in [9.17, 15) is 4.39 Å². The number of halogens is 3. The molecule has 0 radical (unpaired) electrons. The Balaban J connectivity index is 1.73. The van der Waals surface area contributed by atoms with Gasteiger partial charge in [0.05, 0.1) is 5.69 Å². The van der Waals surface area contributed by atoms with Crippen LogP contribution in [0.4, 0.5) is 4.39 Å². The predicted octanol–water partition coefficient (Wildman–Crippen LogP) is 7.21. The Bertz CT molecular complexity index is 1130. The fourth-order valence-electron chi connectivity index (χ4n) is 2.89. The second kappa shape index (κ2) is 8.49. The normalized spacial score (nSPS) is 10.9. The lowest BCUT2D eigenvalue weighted by Crippen LogP contribution is -2.02. The standard InChI is InChI=1S/C22H15Cl2FN2OS/c1-13-12-29-21(24)19(13)20-18(15-4-6-16(23)7-5-15)10-26-22(27-20)28-11-14-2-8-17(25)9-3-14/h2-10,12H,11H2,1H3. The van der Waals surface area contributed by atoms with Gasteiger partial charge in [-0.2, -0.15) is 4.98 Å². The number of ether oxygens (including phenoxy) is 1. The zero-order valence-corrected chi connectivity index (χ0v) is 17.7. The van der Waals surface area contributed by atoms with Crippen molar-refractivity contribution in [2.45, 2.75) is 13.5 Å². The summed E-state index contributed by atoms with van der Waals surface area (Å²) < 4.78 is 19.5. The van der Waals surface area contributed by atoms with Crippen molar-refractivity contribution in [2.24, 2.45) is 0 Å². The van der Waals surface area contributed by atoms with Gasteiger partial charge >= 0.3 is 6.01 Å². The highest BCUT2D eigenvalue weighted by molar-refractivity contribution is 7.15. The quantitative estimate of drug-likeness (QED) is 0.326. The minimum absolute atomic E-state index is 0.226. The van der Waals surface area contributed by atoms with Crippen molar-refractivity contribution in [3.8, 4) is 28.4 Å². The average Bonchev–Trinajstić information content (AvgIpc) is 3.06. The van der Waals surface area contributed by atoms with E-state index < -0.39 is 0 Å². The molecule has 2 aromatic carbocycles. The molecule has 0 atom stereocenters. The number of thiophene rings is 1. The van der Waals surface area contributed by atoms with Gasteiger partial charge in [0.25, 0.3) is 0 Å². The van der Waals surface area contributed by atoms with E-state index in [1.165, 1.54) is 23.5 Å². The van der Waals surface area contributed by atoms with Crippen LogP contribution in [-0.2, 0) is 6.61 Å². The van der Waals surface area contributed by atoms with Crippen LogP contribution in [0, 0.1) is 12.7 Å². The lowest BCUT2D eigenvalue weighted by molar-refractivity contribution is 0.281. The molecule has 2 heterocycles. The van der Waals surface area contributed by atoms with Crippen LogP contribution in [0.2, 0.25) is 9.36 Å². The second-order valence-electron chi connectivity index (χ2n) is 6.40. The van der Waals surface area contributed by atoms with Crippen molar-refractivity contribution in [1.82, 2.24) is 9.97 Å². The summed E-state index contributed by atoms with van der Waals surface area (Å²) in [5, 5.41) is 2.64. The number of hydrogen-bond acceptors (Lipinski definition) is 4. The fourth-order valence-corrected chi connectivity index (χ4v) is 4.16. The Labute approximate surface area is 181 Å². The summed E-state index contributed by atoms with van der Waals surface area (Å²) >= 11 is 14.0. The van der Waals surface area contributed by atoms with Crippen LogP contribution < -0.4 is 4.74 Å². The van der Waals surface area contributed by atoms with Gasteiger partial charge in [0.15, 0.2) is 0 Å². The maximum Gasteiger partial charge on any atom is 0.317 e. The molecule has 0 saturated carbocycles. The highest BCUT2D eigenvalue weighted by atomic mass is 35.5. The smallest absolute Gasteiger partial charge is 0.317 e. The van der Waals surface area contributed by atoms with Gasteiger partial charge in [-0.15, -0.1) is 11.3 Å². The molecular formula is C22H15Cl2FN2OS. The Hall–Kier alpha value is -2.47. The molecule has 7 heteroatoms. The number of benzene rings is 2. The van der Waals surface area contributed by atoms with Gasteiger partial charge < -0.3 is 4.74 Å². The Morgan fingerprint density at radius 1 is 1.03 bits per heavy atom. The summed E-state index contributed by atoms with van der Waals surface area (Å²) in [6, 6.07) is 13.8. The van der Waals surface area contributed by atoms with E-state index in [-0.39, 0.29) is 18.4 Å². The predicted molar refractivity (Wildman–Crippen MR) is 116 cm³/mol. The molecule has 0 amide bonds. The lowest BCUT2D eigenvalue weighted by atomic mass is 10.0. The molecule has 0 aliphatic rings. The molecule has 29 heavy (non-hydrogen) atoms. The number of nitrogens with zero attached hydrogens (tertiary/aromatic N) is 2. The van der Waals surface area contributed by atoms with Crippen molar-refractivity contribution < 1.29 is 9.13 Å². The van der Waals surface area contributed by atoms with Gasteiger partial charge in [0.1, 0.15) is 16.8 Å². The van der Waals surface area contributed by atoms with E-state index >= 15 is 0 Å². The number of aromatic nitrogens is 2. The summed E-state index contributed by atoms with van der Waals surface area (Å²) in [6.07, 6.45) is 1.72. The topological polar surface area (TPSA) is 35.0 Å². The molecule has 0 aliphatic heterocycles. The van der Waals surface area contributed by atoms with Crippen LogP contribution in [0.5, 0.6) is 6.01 Å². The van der Waals surface area contributed by atoms with Gasteiger partial charge in [0.2, 0.25) is 0 Å². The molecule has 4 aromatic rings. The summed E-state index contributed by atoms with van der Waals surface area (Å²) in [5.41, 5.74) is 5.16. The molecular weight excluding hydrogens is 430 g/mol. The van der Waals surface area contributed by atoms with Gasteiger partial charge in [-0.05, 0) is 53.3 Å². The first-order chi connectivity index (χ1) is 14.0. The maximum atomic E-state index is 13.1. The number of aryl methyl sites for hydroxylation is 1. The van der Waals surface area contributed by atoms with Gasteiger partial charge in [-0.1, -0.05) is 47.5 Å². The Kier molecular flexibility index (Phi) is 5.81. The Morgan fingerprint density at radius 3 is 2.41 bits per heavy atom. The number of hydrogen-bond donors (Lipinski definition) is 0.